The summed E-state index contributed by atoms with van der Waals surface area (Å²) in [6, 6.07) is 0.535. The van der Waals surface area contributed by atoms with Gasteiger partial charge < -0.3 is 15.5 Å². The average molecular weight is 476 g/mol. The summed E-state index contributed by atoms with van der Waals surface area (Å²) in [5, 5.41) is 11.5. The lowest BCUT2D eigenvalue weighted by Gasteiger charge is -2.32. The van der Waals surface area contributed by atoms with Crippen LogP contribution in [-0.2, 0) is 13.5 Å². The highest BCUT2D eigenvalue weighted by Gasteiger charge is 2.19. The van der Waals surface area contributed by atoms with E-state index in [2.05, 4.69) is 48.3 Å². The standard InChI is InChI=1S/C19H36N6.HI/c1-6-12-25-13-9-17(10-14-25)22-19(20-7-2)21-11-8-18-15(3)23-24(5)16(18)4;/h17H,6-14H2,1-5H3,(H2,20,21,22);1H. The van der Waals surface area contributed by atoms with Crippen LogP contribution < -0.4 is 10.6 Å². The number of rotatable bonds is 7. The van der Waals surface area contributed by atoms with Crippen LogP contribution in [0.1, 0.15) is 50.1 Å². The van der Waals surface area contributed by atoms with E-state index in [9.17, 15) is 0 Å². The number of hydrogen-bond donors (Lipinski definition) is 2. The molecule has 2 rings (SSSR count). The van der Waals surface area contributed by atoms with Crippen LogP contribution in [0, 0.1) is 13.8 Å². The van der Waals surface area contributed by atoms with Gasteiger partial charge in [0.2, 0.25) is 0 Å². The third-order valence-electron chi connectivity index (χ3n) is 5.10. The molecule has 0 radical (unpaired) electrons. The SMILES string of the molecule is CCCN1CCC(NC(=NCCc2c(C)nn(C)c2C)NCC)CC1.I. The van der Waals surface area contributed by atoms with Gasteiger partial charge >= 0.3 is 0 Å². The van der Waals surface area contributed by atoms with Crippen molar-refractivity contribution in [3.05, 3.63) is 17.0 Å². The number of guanidine groups is 1. The molecule has 0 spiro atoms. The quantitative estimate of drug-likeness (QED) is 0.361. The number of aryl methyl sites for hydroxylation is 2. The molecule has 1 saturated heterocycles. The maximum absolute atomic E-state index is 4.79. The molecule has 0 atom stereocenters. The first-order valence-corrected chi connectivity index (χ1v) is 9.81. The van der Waals surface area contributed by atoms with Gasteiger partial charge in [-0.3, -0.25) is 9.67 Å². The summed E-state index contributed by atoms with van der Waals surface area (Å²) in [5.74, 6) is 0.954. The molecular weight excluding hydrogens is 439 g/mol. The summed E-state index contributed by atoms with van der Waals surface area (Å²) in [5.41, 5.74) is 3.69. The fraction of sp³-hybridized carbons (Fsp3) is 0.789. The van der Waals surface area contributed by atoms with Crippen molar-refractivity contribution in [2.45, 2.75) is 59.4 Å². The van der Waals surface area contributed by atoms with Gasteiger partial charge in [0.25, 0.3) is 0 Å². The van der Waals surface area contributed by atoms with Crippen molar-refractivity contribution in [2.24, 2.45) is 12.0 Å². The van der Waals surface area contributed by atoms with Crippen molar-refractivity contribution in [3.8, 4) is 0 Å². The Balaban J connectivity index is 0.00000338. The Morgan fingerprint density at radius 1 is 1.23 bits per heavy atom. The van der Waals surface area contributed by atoms with Crippen LogP contribution in [0.2, 0.25) is 0 Å². The van der Waals surface area contributed by atoms with E-state index in [1.54, 1.807) is 0 Å². The first-order chi connectivity index (χ1) is 12.0. The van der Waals surface area contributed by atoms with Crippen molar-refractivity contribution in [2.75, 3.05) is 32.7 Å². The molecule has 0 unspecified atom stereocenters. The van der Waals surface area contributed by atoms with Gasteiger partial charge in [-0.25, -0.2) is 0 Å². The Kier molecular flexibility index (Phi) is 10.5. The van der Waals surface area contributed by atoms with Crippen molar-refractivity contribution < 1.29 is 0 Å². The van der Waals surface area contributed by atoms with Crippen LogP contribution in [0.4, 0.5) is 0 Å². The summed E-state index contributed by atoms with van der Waals surface area (Å²) in [6.45, 7) is 13.9. The van der Waals surface area contributed by atoms with E-state index in [0.717, 1.165) is 31.2 Å². The van der Waals surface area contributed by atoms with Gasteiger partial charge in [0.15, 0.2) is 5.96 Å². The molecule has 0 bridgehead atoms. The van der Waals surface area contributed by atoms with Crippen LogP contribution in [-0.4, -0.2) is 59.4 Å². The molecule has 2 heterocycles. The van der Waals surface area contributed by atoms with Crippen molar-refractivity contribution in [3.63, 3.8) is 0 Å². The topological polar surface area (TPSA) is 57.5 Å². The fourth-order valence-electron chi connectivity index (χ4n) is 3.59. The van der Waals surface area contributed by atoms with Gasteiger partial charge in [0.05, 0.1) is 5.69 Å². The van der Waals surface area contributed by atoms with E-state index in [1.165, 1.54) is 50.2 Å². The van der Waals surface area contributed by atoms with E-state index < -0.39 is 0 Å². The molecule has 1 fully saturated rings. The van der Waals surface area contributed by atoms with Crippen LogP contribution in [0.5, 0.6) is 0 Å². The van der Waals surface area contributed by atoms with Crippen molar-refractivity contribution >= 4 is 29.9 Å². The smallest absolute Gasteiger partial charge is 0.191 e. The lowest BCUT2D eigenvalue weighted by atomic mass is 10.1. The van der Waals surface area contributed by atoms with E-state index in [0.29, 0.717) is 6.04 Å². The second-order valence-electron chi connectivity index (χ2n) is 7.04. The Labute approximate surface area is 176 Å². The van der Waals surface area contributed by atoms with E-state index in [4.69, 9.17) is 4.99 Å². The second-order valence-corrected chi connectivity index (χ2v) is 7.04. The van der Waals surface area contributed by atoms with Crippen molar-refractivity contribution in [1.29, 1.82) is 0 Å². The monoisotopic (exact) mass is 476 g/mol. The summed E-state index contributed by atoms with van der Waals surface area (Å²) in [4.78, 5) is 7.36. The zero-order chi connectivity index (χ0) is 18.2. The van der Waals surface area contributed by atoms with Gasteiger partial charge in [-0.05, 0) is 58.6 Å². The molecule has 0 saturated carbocycles. The Bertz CT molecular complexity index is 561. The predicted molar refractivity (Wildman–Crippen MR) is 121 cm³/mol. The van der Waals surface area contributed by atoms with Crippen LogP contribution in [0.3, 0.4) is 0 Å². The number of aromatic nitrogens is 2. The molecule has 1 aliphatic heterocycles. The highest BCUT2D eigenvalue weighted by molar-refractivity contribution is 14.0. The Morgan fingerprint density at radius 2 is 1.92 bits per heavy atom. The van der Waals surface area contributed by atoms with Crippen LogP contribution in [0.15, 0.2) is 4.99 Å². The van der Waals surface area contributed by atoms with Crippen LogP contribution in [0.25, 0.3) is 0 Å². The molecule has 150 valence electrons. The first kappa shape index (κ1) is 23.2. The van der Waals surface area contributed by atoms with E-state index in [1.807, 2.05) is 11.7 Å². The molecule has 0 aliphatic carbocycles. The lowest BCUT2D eigenvalue weighted by Crippen LogP contribution is -2.48. The van der Waals surface area contributed by atoms with Crippen molar-refractivity contribution in [1.82, 2.24) is 25.3 Å². The molecule has 6 nitrogen and oxygen atoms in total. The summed E-state index contributed by atoms with van der Waals surface area (Å²) < 4.78 is 1.96. The normalized spacial score (nSPS) is 16.4. The van der Waals surface area contributed by atoms with Gasteiger partial charge in [-0.2, -0.15) is 5.10 Å². The molecule has 0 aromatic carbocycles. The summed E-state index contributed by atoms with van der Waals surface area (Å²) in [7, 11) is 2.01. The average Bonchev–Trinajstić information content (AvgIpc) is 2.83. The maximum Gasteiger partial charge on any atom is 0.191 e. The largest absolute Gasteiger partial charge is 0.357 e. The van der Waals surface area contributed by atoms with E-state index >= 15 is 0 Å². The minimum atomic E-state index is 0. The molecule has 26 heavy (non-hydrogen) atoms. The number of nitrogens with zero attached hydrogens (tertiary/aromatic N) is 4. The number of nitrogens with one attached hydrogen (secondary N) is 2. The zero-order valence-electron chi connectivity index (χ0n) is 17.1. The maximum atomic E-state index is 4.79. The molecule has 0 amide bonds. The van der Waals surface area contributed by atoms with Gasteiger partial charge in [-0.15, -0.1) is 24.0 Å². The zero-order valence-corrected chi connectivity index (χ0v) is 19.5. The molecule has 2 N–H and O–H groups in total. The van der Waals surface area contributed by atoms with Gasteiger partial charge in [-0.1, -0.05) is 6.92 Å². The first-order valence-electron chi connectivity index (χ1n) is 9.81. The Hall–Kier alpha value is -0.830. The number of hydrogen-bond acceptors (Lipinski definition) is 3. The van der Waals surface area contributed by atoms with Crippen LogP contribution >= 0.6 is 24.0 Å². The third kappa shape index (κ3) is 6.72. The highest BCUT2D eigenvalue weighted by atomic mass is 127. The molecule has 1 aliphatic rings. The molecule has 7 heteroatoms. The second kappa shape index (κ2) is 11.8. The number of halogens is 1. The summed E-state index contributed by atoms with van der Waals surface area (Å²) >= 11 is 0. The number of aliphatic imine (C=N–C) groups is 1. The van der Waals surface area contributed by atoms with E-state index in [-0.39, 0.29) is 24.0 Å². The van der Waals surface area contributed by atoms with Gasteiger partial charge in [0, 0.05) is 45.0 Å². The summed E-state index contributed by atoms with van der Waals surface area (Å²) in [6.07, 6.45) is 4.59. The minimum Gasteiger partial charge on any atom is -0.357 e. The third-order valence-corrected chi connectivity index (χ3v) is 5.10. The number of piperidine rings is 1. The lowest BCUT2D eigenvalue weighted by molar-refractivity contribution is 0.206. The fourth-order valence-corrected chi connectivity index (χ4v) is 3.59. The van der Waals surface area contributed by atoms with Gasteiger partial charge in [0.1, 0.15) is 0 Å². The number of likely N-dealkylation sites (tertiary alicyclic amines) is 1. The Morgan fingerprint density at radius 3 is 2.46 bits per heavy atom. The molecule has 1 aromatic rings. The molecule has 1 aromatic heterocycles. The minimum absolute atomic E-state index is 0. The molecular formula is C19H37IN6. The highest BCUT2D eigenvalue weighted by Crippen LogP contribution is 2.13. The predicted octanol–water partition coefficient (Wildman–Crippen LogP) is 2.63.